The molecule has 0 fully saturated rings. The number of nitrogens with zero attached hydrogens (tertiary/aromatic N) is 1. The molecule has 0 spiro atoms. The fourth-order valence-electron chi connectivity index (χ4n) is 1.63. The monoisotopic (exact) mass is 252 g/mol. The summed E-state index contributed by atoms with van der Waals surface area (Å²) in [5, 5.41) is 6.36. The second-order valence-electron chi connectivity index (χ2n) is 4.11. The number of hydrogen-bond donors (Lipinski definition) is 1. The van der Waals surface area contributed by atoms with Crippen LogP contribution in [-0.4, -0.2) is 11.7 Å². The van der Waals surface area contributed by atoms with Crippen molar-refractivity contribution >= 4 is 0 Å². The van der Waals surface area contributed by atoms with Crippen molar-refractivity contribution in [2.24, 2.45) is 0 Å². The molecule has 0 aliphatic heterocycles. The molecule has 0 radical (unpaired) electrons. The zero-order valence-electron chi connectivity index (χ0n) is 9.99. The van der Waals surface area contributed by atoms with E-state index in [0.29, 0.717) is 5.76 Å². The number of benzene rings is 1. The minimum atomic E-state index is -2.89. The first-order valence-corrected chi connectivity index (χ1v) is 5.64. The zero-order chi connectivity index (χ0) is 13.0. The van der Waals surface area contributed by atoms with Crippen LogP contribution in [0.5, 0.6) is 0 Å². The first-order chi connectivity index (χ1) is 8.58. The summed E-state index contributed by atoms with van der Waals surface area (Å²) in [7, 11) is 0. The zero-order valence-corrected chi connectivity index (χ0v) is 9.99. The lowest BCUT2D eigenvalue weighted by atomic mass is 10.1. The quantitative estimate of drug-likeness (QED) is 0.889. The molecule has 0 aliphatic carbocycles. The largest absolute Gasteiger partial charge is 0.360 e. The highest BCUT2D eigenvalue weighted by Crippen LogP contribution is 2.26. The summed E-state index contributed by atoms with van der Waals surface area (Å²) in [5.41, 5.74) is 0.743. The van der Waals surface area contributed by atoms with E-state index in [0.717, 1.165) is 5.69 Å². The van der Waals surface area contributed by atoms with E-state index >= 15 is 0 Å². The van der Waals surface area contributed by atoms with Crippen molar-refractivity contribution in [1.29, 1.82) is 0 Å². The van der Waals surface area contributed by atoms with Crippen molar-refractivity contribution in [3.63, 3.8) is 0 Å². The highest BCUT2D eigenvalue weighted by Gasteiger charge is 2.30. The van der Waals surface area contributed by atoms with Gasteiger partial charge in [0.15, 0.2) is 5.76 Å². The summed E-state index contributed by atoms with van der Waals surface area (Å²) in [4.78, 5) is 0. The molecule has 1 aromatic carbocycles. The van der Waals surface area contributed by atoms with Gasteiger partial charge in [-0.05, 0) is 6.92 Å². The number of aryl methyl sites for hydroxylation is 1. The SMILES string of the molecule is Cc1cc(CNCC(F)(F)c2ccccc2)on1. The Hall–Kier alpha value is -1.75. The molecule has 5 heteroatoms. The molecule has 1 heterocycles. The molecular formula is C13H14F2N2O. The van der Waals surface area contributed by atoms with E-state index in [1.165, 1.54) is 12.1 Å². The second-order valence-corrected chi connectivity index (χ2v) is 4.11. The Morgan fingerprint density at radius 3 is 2.61 bits per heavy atom. The fraction of sp³-hybridized carbons (Fsp3) is 0.308. The van der Waals surface area contributed by atoms with Crippen molar-refractivity contribution < 1.29 is 13.3 Å². The Balaban J connectivity index is 1.89. The van der Waals surface area contributed by atoms with Crippen LogP contribution in [0.2, 0.25) is 0 Å². The van der Waals surface area contributed by atoms with Crippen LogP contribution in [0, 0.1) is 6.92 Å². The van der Waals surface area contributed by atoms with Crippen molar-refractivity contribution in [2.45, 2.75) is 19.4 Å². The lowest BCUT2D eigenvalue weighted by Crippen LogP contribution is -2.30. The first kappa shape index (κ1) is 12.7. The van der Waals surface area contributed by atoms with Crippen LogP contribution in [0.15, 0.2) is 40.9 Å². The average molecular weight is 252 g/mol. The van der Waals surface area contributed by atoms with E-state index in [-0.39, 0.29) is 12.1 Å². The number of halogens is 2. The van der Waals surface area contributed by atoms with Gasteiger partial charge in [0, 0.05) is 11.6 Å². The van der Waals surface area contributed by atoms with E-state index in [1.807, 2.05) is 0 Å². The third kappa shape index (κ3) is 3.13. The lowest BCUT2D eigenvalue weighted by molar-refractivity contribution is -0.00385. The van der Waals surface area contributed by atoms with Gasteiger partial charge >= 0.3 is 0 Å². The molecule has 1 aromatic heterocycles. The molecular weight excluding hydrogens is 238 g/mol. The van der Waals surface area contributed by atoms with Gasteiger partial charge in [0.2, 0.25) is 0 Å². The van der Waals surface area contributed by atoms with E-state index in [1.54, 1.807) is 31.2 Å². The van der Waals surface area contributed by atoms with Gasteiger partial charge in [-0.15, -0.1) is 0 Å². The number of rotatable bonds is 5. The van der Waals surface area contributed by atoms with Crippen LogP contribution in [0.4, 0.5) is 8.78 Å². The molecule has 1 N–H and O–H groups in total. The maximum atomic E-state index is 13.8. The van der Waals surface area contributed by atoms with Crippen molar-refractivity contribution in [1.82, 2.24) is 10.5 Å². The summed E-state index contributed by atoms with van der Waals surface area (Å²) in [6, 6.07) is 9.46. The van der Waals surface area contributed by atoms with Gasteiger partial charge in [-0.3, -0.25) is 0 Å². The first-order valence-electron chi connectivity index (χ1n) is 5.64. The van der Waals surface area contributed by atoms with Gasteiger partial charge in [-0.2, -0.15) is 8.78 Å². The van der Waals surface area contributed by atoms with Crippen molar-refractivity contribution in [2.75, 3.05) is 6.54 Å². The molecule has 0 amide bonds. The average Bonchev–Trinajstić information content (AvgIpc) is 2.76. The number of aromatic nitrogens is 1. The summed E-state index contributed by atoms with van der Waals surface area (Å²) in [6.45, 7) is 1.59. The molecule has 0 aliphatic rings. The van der Waals surface area contributed by atoms with E-state index < -0.39 is 12.5 Å². The second kappa shape index (κ2) is 5.27. The van der Waals surface area contributed by atoms with E-state index in [4.69, 9.17) is 4.52 Å². The molecule has 0 atom stereocenters. The van der Waals surface area contributed by atoms with Crippen LogP contribution >= 0.6 is 0 Å². The summed E-state index contributed by atoms with van der Waals surface area (Å²) in [6.07, 6.45) is 0. The highest BCUT2D eigenvalue weighted by atomic mass is 19.3. The third-order valence-electron chi connectivity index (χ3n) is 2.52. The van der Waals surface area contributed by atoms with Gasteiger partial charge in [0.1, 0.15) is 0 Å². The fourth-order valence-corrected chi connectivity index (χ4v) is 1.63. The molecule has 0 unspecified atom stereocenters. The molecule has 96 valence electrons. The van der Waals surface area contributed by atoms with Gasteiger partial charge in [0.05, 0.1) is 18.8 Å². The van der Waals surface area contributed by atoms with Gasteiger partial charge < -0.3 is 9.84 Å². The highest BCUT2D eigenvalue weighted by molar-refractivity contribution is 5.20. The third-order valence-corrected chi connectivity index (χ3v) is 2.52. The molecule has 0 bridgehead atoms. The standard InChI is InChI=1S/C13H14F2N2O/c1-10-7-12(18-17-10)8-16-9-13(14,15)11-5-3-2-4-6-11/h2-7,16H,8-9H2,1H3. The molecule has 3 nitrogen and oxygen atoms in total. The predicted molar refractivity (Wildman–Crippen MR) is 63.3 cm³/mol. The summed E-state index contributed by atoms with van der Waals surface area (Å²) < 4.78 is 32.4. The normalized spacial score (nSPS) is 11.7. The summed E-state index contributed by atoms with van der Waals surface area (Å²) >= 11 is 0. The van der Waals surface area contributed by atoms with Crippen molar-refractivity contribution in [3.8, 4) is 0 Å². The number of alkyl halides is 2. The molecule has 0 saturated heterocycles. The maximum Gasteiger partial charge on any atom is 0.285 e. The van der Waals surface area contributed by atoms with Crippen LogP contribution in [0.25, 0.3) is 0 Å². The topological polar surface area (TPSA) is 38.1 Å². The Kier molecular flexibility index (Phi) is 3.72. The Labute approximate surface area is 104 Å². The Morgan fingerprint density at radius 2 is 2.00 bits per heavy atom. The minimum Gasteiger partial charge on any atom is -0.360 e. The van der Waals surface area contributed by atoms with Crippen LogP contribution in [0.3, 0.4) is 0 Å². The van der Waals surface area contributed by atoms with E-state index in [2.05, 4.69) is 10.5 Å². The predicted octanol–water partition coefficient (Wildman–Crippen LogP) is 2.86. The lowest BCUT2D eigenvalue weighted by Gasteiger charge is -2.16. The maximum absolute atomic E-state index is 13.8. The minimum absolute atomic E-state index is 0.00579. The molecule has 18 heavy (non-hydrogen) atoms. The molecule has 0 saturated carbocycles. The number of hydrogen-bond acceptors (Lipinski definition) is 3. The Bertz CT molecular complexity index is 497. The smallest absolute Gasteiger partial charge is 0.285 e. The van der Waals surface area contributed by atoms with Gasteiger partial charge in [0.25, 0.3) is 5.92 Å². The van der Waals surface area contributed by atoms with E-state index in [9.17, 15) is 8.78 Å². The molecule has 2 aromatic rings. The van der Waals surface area contributed by atoms with Crippen LogP contribution in [0.1, 0.15) is 17.0 Å². The Morgan fingerprint density at radius 1 is 1.28 bits per heavy atom. The van der Waals surface area contributed by atoms with Gasteiger partial charge in [-0.25, -0.2) is 0 Å². The van der Waals surface area contributed by atoms with Crippen LogP contribution < -0.4 is 5.32 Å². The van der Waals surface area contributed by atoms with Crippen LogP contribution in [-0.2, 0) is 12.5 Å². The van der Waals surface area contributed by atoms with Gasteiger partial charge in [-0.1, -0.05) is 35.5 Å². The summed E-state index contributed by atoms with van der Waals surface area (Å²) in [5.74, 6) is -2.34. The molecule has 2 rings (SSSR count). The van der Waals surface area contributed by atoms with Crippen molar-refractivity contribution in [3.05, 3.63) is 53.4 Å². The number of nitrogens with one attached hydrogen (secondary N) is 1.